The summed E-state index contributed by atoms with van der Waals surface area (Å²) in [7, 11) is 1.54. The van der Waals surface area contributed by atoms with Gasteiger partial charge in [-0.05, 0) is 54.6 Å². The molecule has 0 spiro atoms. The van der Waals surface area contributed by atoms with Crippen molar-refractivity contribution in [1.82, 2.24) is 29.1 Å². The number of benzene rings is 3. The minimum Gasteiger partial charge on any atom is -0.497 e. The largest absolute Gasteiger partial charge is 0.497 e. The molecule has 3 aromatic carbocycles. The predicted molar refractivity (Wildman–Crippen MR) is 139 cm³/mol. The molecule has 0 fully saturated rings. The summed E-state index contributed by atoms with van der Waals surface area (Å²) in [6.07, 6.45) is 3.82. The molecular formula is C27H23F2N7O4. The number of amides is 1. The number of nitrogens with one attached hydrogen (secondary N) is 1. The van der Waals surface area contributed by atoms with E-state index in [0.717, 1.165) is 16.8 Å². The van der Waals surface area contributed by atoms with Crippen LogP contribution in [0.4, 0.5) is 14.5 Å². The number of carbonyl (C=O) groups excluding carboxylic acids is 1. The fraction of sp³-hybridized carbons (Fsp3) is 0.148. The zero-order valence-electron chi connectivity index (χ0n) is 21.1. The second-order valence-corrected chi connectivity index (χ2v) is 8.92. The molecule has 5 aromatic rings. The molecule has 2 aromatic heterocycles. The second kappa shape index (κ2) is 10.9. The summed E-state index contributed by atoms with van der Waals surface area (Å²) in [5, 5.41) is 22.3. The number of aromatic nitrogens is 6. The van der Waals surface area contributed by atoms with Crippen LogP contribution in [-0.4, -0.2) is 47.2 Å². The van der Waals surface area contributed by atoms with Gasteiger partial charge in [0.05, 0.1) is 25.9 Å². The summed E-state index contributed by atoms with van der Waals surface area (Å²) < 4.78 is 36.9. The summed E-state index contributed by atoms with van der Waals surface area (Å²) in [6, 6.07) is 15.9. The first-order valence-corrected chi connectivity index (χ1v) is 12.0. The fourth-order valence-corrected chi connectivity index (χ4v) is 4.19. The Balaban J connectivity index is 1.37. The van der Waals surface area contributed by atoms with Gasteiger partial charge in [-0.25, -0.2) is 32.5 Å². The van der Waals surface area contributed by atoms with Crippen LogP contribution < -0.4 is 15.7 Å². The molecule has 1 atom stereocenters. The molecule has 0 saturated heterocycles. The predicted octanol–water partition coefficient (Wildman–Crippen LogP) is 2.75. The molecule has 40 heavy (non-hydrogen) atoms. The smallest absolute Gasteiger partial charge is 0.350 e. The van der Waals surface area contributed by atoms with Crippen molar-refractivity contribution >= 4 is 11.6 Å². The molecule has 2 heterocycles. The van der Waals surface area contributed by atoms with Crippen LogP contribution in [-0.2, 0) is 18.7 Å². The van der Waals surface area contributed by atoms with Gasteiger partial charge in [0.15, 0.2) is 0 Å². The molecule has 0 radical (unpaired) electrons. The number of methoxy groups -OCH3 is 1. The lowest BCUT2D eigenvalue weighted by Crippen LogP contribution is -2.41. The number of halogens is 2. The number of ether oxygens (including phenoxy) is 1. The van der Waals surface area contributed by atoms with Gasteiger partial charge in [0, 0.05) is 22.9 Å². The van der Waals surface area contributed by atoms with Crippen molar-refractivity contribution in [3.63, 3.8) is 0 Å². The topological polar surface area (TPSA) is 129 Å². The quantitative estimate of drug-likeness (QED) is 0.290. The Morgan fingerprint density at radius 1 is 1.00 bits per heavy atom. The first-order valence-electron chi connectivity index (χ1n) is 12.0. The maximum absolute atomic E-state index is 14.7. The lowest BCUT2D eigenvalue weighted by molar-refractivity contribution is -0.00948. The van der Waals surface area contributed by atoms with Gasteiger partial charge in [0.2, 0.25) is 0 Å². The number of anilines is 1. The molecule has 0 aliphatic carbocycles. The van der Waals surface area contributed by atoms with Crippen molar-refractivity contribution in [1.29, 1.82) is 0 Å². The highest BCUT2D eigenvalue weighted by Gasteiger charge is 2.35. The van der Waals surface area contributed by atoms with E-state index in [1.165, 1.54) is 35.3 Å². The SMILES string of the molecule is COc1ccc(C(=O)Nc2ccc(-n3cnn(C[C@@](O)(Cn4cncn4)c4ccc(F)cc4F)c3=O)cc2)cc1. The van der Waals surface area contributed by atoms with E-state index < -0.39 is 29.5 Å². The van der Waals surface area contributed by atoms with Crippen LogP contribution >= 0.6 is 0 Å². The molecule has 0 aliphatic rings. The highest BCUT2D eigenvalue weighted by atomic mass is 19.1. The molecule has 2 N–H and O–H groups in total. The molecule has 0 saturated carbocycles. The Morgan fingerprint density at radius 2 is 1.75 bits per heavy atom. The normalized spacial score (nSPS) is 12.6. The highest BCUT2D eigenvalue weighted by molar-refractivity contribution is 6.04. The van der Waals surface area contributed by atoms with Crippen molar-refractivity contribution in [2.24, 2.45) is 0 Å². The van der Waals surface area contributed by atoms with Crippen LogP contribution in [0.15, 0.2) is 90.5 Å². The van der Waals surface area contributed by atoms with E-state index >= 15 is 0 Å². The van der Waals surface area contributed by atoms with Gasteiger partial charge in [0.1, 0.15) is 42.0 Å². The van der Waals surface area contributed by atoms with Crippen LogP contribution in [0, 0.1) is 11.6 Å². The number of hydrogen-bond acceptors (Lipinski definition) is 7. The molecule has 0 aliphatic heterocycles. The minimum absolute atomic E-state index is 0.234. The average Bonchev–Trinajstić information content (AvgIpc) is 3.58. The molecule has 0 bridgehead atoms. The summed E-state index contributed by atoms with van der Waals surface area (Å²) in [5.41, 5.74) is -1.49. The summed E-state index contributed by atoms with van der Waals surface area (Å²) in [6.45, 7) is -0.741. The zero-order valence-corrected chi connectivity index (χ0v) is 21.1. The third kappa shape index (κ3) is 5.49. The maximum atomic E-state index is 14.7. The first-order chi connectivity index (χ1) is 19.3. The summed E-state index contributed by atoms with van der Waals surface area (Å²) >= 11 is 0. The molecule has 204 valence electrons. The summed E-state index contributed by atoms with van der Waals surface area (Å²) in [5.74, 6) is -1.48. The van der Waals surface area contributed by atoms with Gasteiger partial charge in [-0.3, -0.25) is 4.79 Å². The van der Waals surface area contributed by atoms with Gasteiger partial charge in [-0.15, -0.1) is 0 Å². The molecule has 0 unspecified atom stereocenters. The Kier molecular flexibility index (Phi) is 7.21. The molecule has 11 nitrogen and oxygen atoms in total. The zero-order chi connectivity index (χ0) is 28.3. The van der Waals surface area contributed by atoms with Crippen LogP contribution in [0.2, 0.25) is 0 Å². The van der Waals surface area contributed by atoms with Crippen LogP contribution in [0.25, 0.3) is 5.69 Å². The Morgan fingerprint density at radius 3 is 2.40 bits per heavy atom. The van der Waals surface area contributed by atoms with Crippen molar-refractivity contribution in [2.45, 2.75) is 18.7 Å². The van der Waals surface area contributed by atoms with Gasteiger partial charge in [0.25, 0.3) is 5.91 Å². The first kappa shape index (κ1) is 26.4. The van der Waals surface area contributed by atoms with Crippen LogP contribution in [0.5, 0.6) is 5.75 Å². The molecule has 5 rings (SSSR count). The number of carbonyl (C=O) groups is 1. The number of hydrogen-bond donors (Lipinski definition) is 2. The van der Waals surface area contributed by atoms with E-state index in [2.05, 4.69) is 20.5 Å². The van der Waals surface area contributed by atoms with Gasteiger partial charge < -0.3 is 15.2 Å². The highest BCUT2D eigenvalue weighted by Crippen LogP contribution is 2.28. The maximum Gasteiger partial charge on any atom is 0.350 e. The van der Waals surface area contributed by atoms with E-state index in [9.17, 15) is 23.5 Å². The Bertz CT molecular complexity index is 1680. The van der Waals surface area contributed by atoms with Crippen molar-refractivity contribution in [3.8, 4) is 11.4 Å². The number of rotatable bonds is 9. The van der Waals surface area contributed by atoms with Gasteiger partial charge in [-0.2, -0.15) is 10.2 Å². The van der Waals surface area contributed by atoms with Crippen molar-refractivity contribution < 1.29 is 23.4 Å². The molecule has 1 amide bonds. The number of aliphatic hydroxyl groups is 1. The third-order valence-corrected chi connectivity index (χ3v) is 6.22. The van der Waals surface area contributed by atoms with Crippen LogP contribution in [0.3, 0.4) is 0 Å². The fourth-order valence-electron chi connectivity index (χ4n) is 4.19. The average molecular weight is 548 g/mol. The van der Waals surface area contributed by atoms with Gasteiger partial charge >= 0.3 is 5.69 Å². The Hall–Kier alpha value is -5.17. The van der Waals surface area contributed by atoms with Crippen molar-refractivity contribution in [2.75, 3.05) is 12.4 Å². The van der Waals surface area contributed by atoms with Crippen LogP contribution in [0.1, 0.15) is 15.9 Å². The molecular weight excluding hydrogens is 524 g/mol. The number of nitrogens with zero attached hydrogens (tertiary/aromatic N) is 6. The van der Waals surface area contributed by atoms with Gasteiger partial charge in [-0.1, -0.05) is 6.07 Å². The monoisotopic (exact) mass is 547 g/mol. The lowest BCUT2D eigenvalue weighted by Gasteiger charge is -2.28. The van der Waals surface area contributed by atoms with E-state index in [-0.39, 0.29) is 18.0 Å². The van der Waals surface area contributed by atoms with Crippen molar-refractivity contribution in [3.05, 3.63) is 119 Å². The standard InChI is InChI=1S/C27H23F2N7O4/c1-40-22-9-2-18(3-10-22)25(37)33-20-5-7-21(8-6-20)35-17-32-36(26(35)38)14-27(39,13-34-16-30-15-31-34)23-11-4-19(28)12-24(23)29/h2-12,15-17,39H,13-14H2,1H3,(H,33,37)/t27-/m0/s1. The Labute approximate surface area is 225 Å². The van der Waals surface area contributed by atoms with E-state index in [1.54, 1.807) is 48.5 Å². The van der Waals surface area contributed by atoms with E-state index in [4.69, 9.17) is 4.74 Å². The lowest BCUT2D eigenvalue weighted by atomic mass is 9.93. The van der Waals surface area contributed by atoms with E-state index in [1.807, 2.05) is 0 Å². The third-order valence-electron chi connectivity index (χ3n) is 6.22. The summed E-state index contributed by atoms with van der Waals surface area (Å²) in [4.78, 5) is 29.6. The van der Waals surface area contributed by atoms with E-state index in [0.29, 0.717) is 28.8 Å². The second-order valence-electron chi connectivity index (χ2n) is 8.92. The minimum atomic E-state index is -2.02. The molecule has 13 heteroatoms.